The third-order valence-corrected chi connectivity index (χ3v) is 2.94. The zero-order valence-electron chi connectivity index (χ0n) is 9.95. The normalized spacial score (nSPS) is 13.4. The third-order valence-electron chi connectivity index (χ3n) is 2.94. The summed E-state index contributed by atoms with van der Waals surface area (Å²) in [5.41, 5.74) is 5.77. The highest BCUT2D eigenvalue weighted by atomic mass is 19.1. The molecule has 0 saturated heterocycles. The molecule has 0 amide bonds. The van der Waals surface area contributed by atoms with Crippen molar-refractivity contribution in [3.63, 3.8) is 0 Å². The highest BCUT2D eigenvalue weighted by molar-refractivity contribution is 5.69. The van der Waals surface area contributed by atoms with Crippen LogP contribution in [0.15, 0.2) is 30.3 Å². The van der Waals surface area contributed by atoms with E-state index in [4.69, 9.17) is 15.2 Å². The van der Waals surface area contributed by atoms with Crippen molar-refractivity contribution in [2.75, 3.05) is 18.9 Å². The highest BCUT2D eigenvalue weighted by Gasteiger charge is 2.15. The summed E-state index contributed by atoms with van der Waals surface area (Å²) in [5, 5.41) is 0. The number of rotatable bonds is 1. The largest absolute Gasteiger partial charge is 0.486 e. The smallest absolute Gasteiger partial charge is 0.161 e. The van der Waals surface area contributed by atoms with Crippen molar-refractivity contribution < 1.29 is 18.3 Å². The van der Waals surface area contributed by atoms with Gasteiger partial charge in [0, 0.05) is 11.6 Å². The van der Waals surface area contributed by atoms with Crippen molar-refractivity contribution in [3.05, 3.63) is 42.0 Å². The Labute approximate surface area is 108 Å². The van der Waals surface area contributed by atoms with Gasteiger partial charge in [-0.2, -0.15) is 0 Å². The second-order valence-corrected chi connectivity index (χ2v) is 4.21. The summed E-state index contributed by atoms with van der Waals surface area (Å²) in [6, 6.07) is 7.01. The summed E-state index contributed by atoms with van der Waals surface area (Å²) in [6.07, 6.45) is 0. The van der Waals surface area contributed by atoms with Gasteiger partial charge >= 0.3 is 0 Å². The van der Waals surface area contributed by atoms with E-state index in [1.54, 1.807) is 18.2 Å². The third kappa shape index (κ3) is 2.07. The van der Waals surface area contributed by atoms with E-state index in [0.29, 0.717) is 30.3 Å². The fourth-order valence-electron chi connectivity index (χ4n) is 1.99. The lowest BCUT2D eigenvalue weighted by atomic mass is 10.0. The van der Waals surface area contributed by atoms with Crippen LogP contribution in [-0.4, -0.2) is 13.2 Å². The van der Waals surface area contributed by atoms with Crippen molar-refractivity contribution in [3.8, 4) is 22.6 Å². The molecule has 0 aromatic heterocycles. The second-order valence-electron chi connectivity index (χ2n) is 4.21. The first-order valence-electron chi connectivity index (χ1n) is 5.79. The summed E-state index contributed by atoms with van der Waals surface area (Å²) in [4.78, 5) is 0. The van der Waals surface area contributed by atoms with Crippen LogP contribution in [-0.2, 0) is 0 Å². The lowest BCUT2D eigenvalue weighted by molar-refractivity contribution is 0.171. The number of nitrogens with two attached hydrogens (primary N) is 1. The minimum absolute atomic E-state index is 0.142. The molecule has 1 aliphatic heterocycles. The minimum Gasteiger partial charge on any atom is -0.486 e. The number of hydrogen-bond acceptors (Lipinski definition) is 3. The van der Waals surface area contributed by atoms with Gasteiger partial charge in [-0.1, -0.05) is 6.07 Å². The van der Waals surface area contributed by atoms with E-state index in [2.05, 4.69) is 0 Å². The predicted molar refractivity (Wildman–Crippen MR) is 67.2 cm³/mol. The van der Waals surface area contributed by atoms with Gasteiger partial charge in [0.25, 0.3) is 0 Å². The zero-order chi connectivity index (χ0) is 13.4. The quantitative estimate of drug-likeness (QED) is 0.804. The maximum Gasteiger partial charge on any atom is 0.161 e. The summed E-state index contributed by atoms with van der Waals surface area (Å²) in [5.74, 6) is -0.0893. The molecule has 0 radical (unpaired) electrons. The molecule has 1 heterocycles. The first-order valence-corrected chi connectivity index (χ1v) is 5.79. The van der Waals surface area contributed by atoms with Crippen LogP contribution in [0.1, 0.15) is 0 Å². The number of hydrogen-bond donors (Lipinski definition) is 1. The van der Waals surface area contributed by atoms with Gasteiger partial charge in [0.05, 0.1) is 5.69 Å². The first-order chi connectivity index (χ1) is 9.15. The number of nitrogen functional groups attached to an aromatic ring is 1. The van der Waals surface area contributed by atoms with E-state index in [0.717, 1.165) is 12.1 Å². The van der Waals surface area contributed by atoms with E-state index in [9.17, 15) is 8.78 Å². The molecule has 0 fully saturated rings. The summed E-state index contributed by atoms with van der Waals surface area (Å²) in [6.45, 7) is 0.923. The Bertz CT molecular complexity index is 644. The standard InChI is InChI=1S/C14H11F2NO2/c15-10-7-12(17)11(16)6-9(10)8-1-2-13-14(5-8)19-4-3-18-13/h1-2,5-7H,3-4,17H2. The van der Waals surface area contributed by atoms with Gasteiger partial charge in [0.2, 0.25) is 0 Å². The molecule has 0 atom stereocenters. The number of benzene rings is 2. The van der Waals surface area contributed by atoms with Gasteiger partial charge in [-0.15, -0.1) is 0 Å². The molecular formula is C14H11F2NO2. The Morgan fingerprint density at radius 3 is 2.42 bits per heavy atom. The SMILES string of the molecule is Nc1cc(F)c(-c2ccc3c(c2)OCCO3)cc1F. The van der Waals surface area contributed by atoms with Crippen molar-refractivity contribution in [2.24, 2.45) is 0 Å². The molecule has 3 rings (SSSR count). The minimum atomic E-state index is -0.647. The Balaban J connectivity index is 2.09. The first kappa shape index (κ1) is 11.8. The molecule has 3 nitrogen and oxygen atoms in total. The van der Waals surface area contributed by atoms with E-state index in [-0.39, 0.29) is 11.3 Å². The fourth-order valence-corrected chi connectivity index (χ4v) is 1.99. The Morgan fingerprint density at radius 1 is 0.895 bits per heavy atom. The van der Waals surface area contributed by atoms with E-state index < -0.39 is 11.6 Å². The number of anilines is 1. The van der Waals surface area contributed by atoms with Crippen molar-refractivity contribution >= 4 is 5.69 Å². The summed E-state index contributed by atoms with van der Waals surface area (Å²) < 4.78 is 38.1. The molecule has 1 aliphatic rings. The van der Waals surface area contributed by atoms with Crippen molar-refractivity contribution in [1.29, 1.82) is 0 Å². The summed E-state index contributed by atoms with van der Waals surface area (Å²) >= 11 is 0. The number of fused-ring (bicyclic) bond motifs is 1. The van der Waals surface area contributed by atoms with E-state index in [1.807, 2.05) is 0 Å². The van der Waals surface area contributed by atoms with Crippen molar-refractivity contribution in [2.45, 2.75) is 0 Å². The topological polar surface area (TPSA) is 44.5 Å². The lowest BCUT2D eigenvalue weighted by Gasteiger charge is -2.19. The number of halogens is 2. The molecule has 0 bridgehead atoms. The zero-order valence-corrected chi connectivity index (χ0v) is 9.95. The van der Waals surface area contributed by atoms with Crippen LogP contribution in [0.5, 0.6) is 11.5 Å². The van der Waals surface area contributed by atoms with E-state index in [1.165, 1.54) is 0 Å². The molecule has 0 unspecified atom stereocenters. The molecule has 19 heavy (non-hydrogen) atoms. The Morgan fingerprint density at radius 2 is 1.63 bits per heavy atom. The molecule has 5 heteroatoms. The van der Waals surface area contributed by atoms with Crippen LogP contribution < -0.4 is 15.2 Å². The van der Waals surface area contributed by atoms with Crippen LogP contribution in [0.3, 0.4) is 0 Å². The Kier molecular flexibility index (Phi) is 2.74. The van der Waals surface area contributed by atoms with Gasteiger partial charge in [-0.3, -0.25) is 0 Å². The monoisotopic (exact) mass is 263 g/mol. The van der Waals surface area contributed by atoms with Gasteiger partial charge in [0.15, 0.2) is 11.5 Å². The Hall–Kier alpha value is -2.30. The van der Waals surface area contributed by atoms with Crippen molar-refractivity contribution in [1.82, 2.24) is 0 Å². The highest BCUT2D eigenvalue weighted by Crippen LogP contribution is 2.36. The summed E-state index contributed by atoms with van der Waals surface area (Å²) in [7, 11) is 0. The second kappa shape index (κ2) is 4.42. The van der Waals surface area contributed by atoms with Gasteiger partial charge in [-0.25, -0.2) is 8.78 Å². The van der Waals surface area contributed by atoms with Crippen LogP contribution in [0.2, 0.25) is 0 Å². The van der Waals surface area contributed by atoms with Crippen LogP contribution in [0, 0.1) is 11.6 Å². The maximum absolute atomic E-state index is 13.8. The molecule has 2 N–H and O–H groups in total. The molecule has 2 aromatic rings. The van der Waals surface area contributed by atoms with Gasteiger partial charge < -0.3 is 15.2 Å². The van der Waals surface area contributed by atoms with Crippen LogP contribution in [0.4, 0.5) is 14.5 Å². The van der Waals surface area contributed by atoms with Gasteiger partial charge in [0.1, 0.15) is 24.8 Å². The number of ether oxygens (including phenoxy) is 2. The molecular weight excluding hydrogens is 252 g/mol. The molecule has 98 valence electrons. The maximum atomic E-state index is 13.8. The molecule has 0 saturated carbocycles. The fraction of sp³-hybridized carbons (Fsp3) is 0.143. The van der Waals surface area contributed by atoms with Crippen LogP contribution >= 0.6 is 0 Å². The van der Waals surface area contributed by atoms with Gasteiger partial charge in [-0.05, 0) is 23.8 Å². The lowest BCUT2D eigenvalue weighted by Crippen LogP contribution is -2.15. The predicted octanol–water partition coefficient (Wildman–Crippen LogP) is 2.99. The molecule has 0 aliphatic carbocycles. The van der Waals surface area contributed by atoms with Crippen LogP contribution in [0.25, 0.3) is 11.1 Å². The average Bonchev–Trinajstić information content (AvgIpc) is 2.42. The molecule has 0 spiro atoms. The average molecular weight is 263 g/mol. The molecule has 2 aromatic carbocycles. The van der Waals surface area contributed by atoms with E-state index >= 15 is 0 Å².